The van der Waals surface area contributed by atoms with E-state index in [-0.39, 0.29) is 179 Å². The Morgan fingerprint density at radius 3 is 1.71 bits per heavy atom. The van der Waals surface area contributed by atoms with Crippen molar-refractivity contribution in [3.8, 4) is 5.75 Å². The highest BCUT2D eigenvalue weighted by Crippen LogP contribution is 2.49. The molecule has 131 heavy (non-hydrogen) atoms. The molecule has 1 aromatic carbocycles. The number of esters is 1. The maximum Gasteiger partial charge on any atom is 0.409 e. The van der Waals surface area contributed by atoms with E-state index in [9.17, 15) is 77.3 Å². The first-order valence-corrected chi connectivity index (χ1v) is 45.1. The number of likely N-dealkylation sites (tertiary alicyclic amines) is 1. The van der Waals surface area contributed by atoms with Crippen molar-refractivity contribution in [2.75, 3.05) is 231 Å². The molecule has 3 unspecified atom stereocenters. The number of hydrogen-bond donors (Lipinski definition) is 8. The largest absolute Gasteiger partial charge is 0.495 e. The molecule has 1 aromatic rings. The van der Waals surface area contributed by atoms with Gasteiger partial charge in [-0.3, -0.25) is 67.9 Å². The molecule has 3 fully saturated rings. The first kappa shape index (κ1) is 111. The Hall–Kier alpha value is -8.94. The van der Waals surface area contributed by atoms with Gasteiger partial charge in [0.15, 0.2) is 5.72 Å². The number of carboxylic acids is 1. The van der Waals surface area contributed by atoms with E-state index in [0.717, 1.165) is 32.7 Å². The number of fused-ring (bicyclic) bond motifs is 5. The first-order chi connectivity index (χ1) is 62.8. The Morgan fingerprint density at radius 1 is 0.649 bits per heavy atom. The molecule has 11 atom stereocenters. The Kier molecular flexibility index (Phi) is 51.0. The number of benzene rings is 1. The maximum absolute atomic E-state index is 14.5. The summed E-state index contributed by atoms with van der Waals surface area (Å²) in [5.74, 6) is -9.16. The average Bonchev–Trinajstić information content (AvgIpc) is 1.57. The van der Waals surface area contributed by atoms with Gasteiger partial charge in [0, 0.05) is 117 Å². The third kappa shape index (κ3) is 39.6. The van der Waals surface area contributed by atoms with Crippen LogP contribution in [0.1, 0.15) is 97.5 Å². The summed E-state index contributed by atoms with van der Waals surface area (Å²) in [6.07, 6.45) is 3.00. The van der Waals surface area contributed by atoms with Crippen LogP contribution in [0.25, 0.3) is 0 Å². The molecule has 5 heterocycles. The van der Waals surface area contributed by atoms with Gasteiger partial charge in [-0.1, -0.05) is 48.7 Å². The number of halogens is 1. The van der Waals surface area contributed by atoms with Crippen molar-refractivity contribution in [2.24, 2.45) is 5.92 Å². The standard InChI is InChI=1S/C86H131ClN10O33S/c1-57-14-13-15-67(116-9)86(113)53-65(128-84(112)93-86)58(2)79-85(4,130-79)68(52-76(105)95(6)63-49-60(48-57)50-64(115-8)78(63)87)129-83(111)59(3)94(5)73(102)21-47-131-66-51-77(106)97(81(66)108)56-72(101)92-62(82(109)110)55-90-70(99)20-25-118-30-33-122-38-41-126-46-45-125-40-37-121-32-29-117-24-19-69(98)89-54-61(91-71(100)16-11-10-12-23-96-74(103)17-18-75(96)104)80(107)88-22-26-119-31-34-123-39-42-127-44-43-124-36-35-120-28-27-114-7/h13-15,17-18,49-50,58-59,61-62,65-68,79,113H,10-12,16,19-48,51-56H2,1-9H3,(H,88,107)(H,89,98)(H,90,99)(H,91,100)(H,92,101)(H,93,112)(H,109,110)/b15-13+,57-14+/t58-,59+,61?,62?,65+,66?,67-,68+,79+,85+,86+/m1/s1. The van der Waals surface area contributed by atoms with Gasteiger partial charge in [0.05, 0.1) is 183 Å². The highest BCUT2D eigenvalue weighted by molar-refractivity contribution is 8.00. The van der Waals surface area contributed by atoms with Crippen LogP contribution in [-0.4, -0.2) is 393 Å². The number of hydrogen-bond acceptors (Lipinski definition) is 33. The van der Waals surface area contributed by atoms with E-state index in [1.54, 1.807) is 45.2 Å². The third-order valence-electron chi connectivity index (χ3n) is 21.4. The van der Waals surface area contributed by atoms with E-state index in [1.165, 1.54) is 52.3 Å². The molecule has 736 valence electrons. The van der Waals surface area contributed by atoms with Gasteiger partial charge in [0.2, 0.25) is 53.2 Å². The number of anilines is 1. The fourth-order valence-electron chi connectivity index (χ4n) is 13.7. The van der Waals surface area contributed by atoms with Crippen LogP contribution in [0, 0.1) is 5.92 Å². The molecule has 0 radical (unpaired) electrons. The number of aliphatic carboxylic acids is 1. The number of imide groups is 2. The summed E-state index contributed by atoms with van der Waals surface area (Å²) in [5.41, 5.74) is -1.45. The summed E-state index contributed by atoms with van der Waals surface area (Å²) in [6.45, 7) is 12.0. The van der Waals surface area contributed by atoms with Gasteiger partial charge in [-0.15, -0.1) is 11.8 Å². The molecular formula is C86H131ClN10O33S. The van der Waals surface area contributed by atoms with Crippen LogP contribution in [0.3, 0.4) is 0 Å². The molecule has 0 spiro atoms. The van der Waals surface area contributed by atoms with Gasteiger partial charge in [0.25, 0.3) is 11.8 Å². The van der Waals surface area contributed by atoms with E-state index >= 15 is 0 Å². The van der Waals surface area contributed by atoms with Crippen molar-refractivity contribution >= 4 is 112 Å². The van der Waals surface area contributed by atoms with Crippen LogP contribution in [0.4, 0.5) is 10.5 Å². The molecule has 43 nitrogen and oxygen atoms in total. The molecule has 5 aliphatic heterocycles. The second-order valence-electron chi connectivity index (χ2n) is 31.2. The number of nitrogens with zero attached hydrogens (tertiary/aromatic N) is 4. The first-order valence-electron chi connectivity index (χ1n) is 43.7. The molecule has 45 heteroatoms. The number of aliphatic hydroxyl groups is 1. The van der Waals surface area contributed by atoms with E-state index in [2.05, 4.69) is 31.9 Å². The normalized spacial score (nSPS) is 21.7. The summed E-state index contributed by atoms with van der Waals surface area (Å²) in [4.78, 5) is 187. The Labute approximate surface area is 771 Å². The Bertz CT molecular complexity index is 3950. The number of alkyl carbamates (subject to hydrolysis) is 1. The Balaban J connectivity index is 0.781. The van der Waals surface area contributed by atoms with Crippen molar-refractivity contribution in [3.05, 3.63) is 58.7 Å². The zero-order chi connectivity index (χ0) is 95.7. The smallest absolute Gasteiger partial charge is 0.409 e. The van der Waals surface area contributed by atoms with Crippen molar-refractivity contribution in [1.29, 1.82) is 0 Å². The monoisotopic (exact) mass is 1900 g/mol. The van der Waals surface area contributed by atoms with Gasteiger partial charge in [-0.25, -0.2) is 14.4 Å². The summed E-state index contributed by atoms with van der Waals surface area (Å²) >= 11 is 7.80. The minimum Gasteiger partial charge on any atom is -0.495 e. The van der Waals surface area contributed by atoms with Crippen molar-refractivity contribution < 1.29 is 158 Å². The molecule has 0 aromatic heterocycles. The van der Waals surface area contributed by atoms with Gasteiger partial charge < -0.3 is 127 Å². The van der Waals surface area contributed by atoms with Crippen LogP contribution < -0.4 is 41.5 Å². The number of amides is 12. The van der Waals surface area contributed by atoms with Gasteiger partial charge in [0.1, 0.15) is 59.4 Å². The van der Waals surface area contributed by atoms with Gasteiger partial charge >= 0.3 is 18.0 Å². The number of carbonyl (C=O) groups is 14. The summed E-state index contributed by atoms with van der Waals surface area (Å²) in [7, 11) is 7.29. The SMILES string of the molecule is COCCOCCOCCOCCOCCOCCNC(=O)C(CNC(=O)CCOCCOCCOCCOCCOCCOCCC(=O)NCC(NC(=O)CN1C(=O)CC(SCCC(=O)N(C)[C@@H](C)C(=O)O[C@H]2CC(=O)N(C)c3cc(cc(OC)c3Cl)C/C(C)=C/C=C/[C@@H](OC)[C@@]3(O)C[C@H](OC(=O)N3)[C@@H](C)[C@@H]3O[C@@]23C)C1=O)C(=O)O)NC(=O)CCCCCN1C(=O)C=CC1=O. The van der Waals surface area contributed by atoms with Crippen molar-refractivity contribution in [2.45, 2.75) is 157 Å². The number of carbonyl (C=O) groups excluding carboxylic acids is 13. The zero-order valence-corrected chi connectivity index (χ0v) is 77.7. The number of unbranched alkanes of at least 4 members (excludes halogenated alkanes) is 2. The topological polar surface area (TPSA) is 525 Å². The number of allylic oxidation sites excluding steroid dienone is 3. The molecule has 8 N–H and O–H groups in total. The Morgan fingerprint density at radius 2 is 1.18 bits per heavy atom. The third-order valence-corrected chi connectivity index (χ3v) is 23.0. The quantitative estimate of drug-likeness (QED) is 0.0188. The van der Waals surface area contributed by atoms with Gasteiger partial charge in [-0.05, 0) is 57.7 Å². The van der Waals surface area contributed by atoms with E-state index < -0.39 is 156 Å². The van der Waals surface area contributed by atoms with Crippen molar-refractivity contribution in [3.63, 3.8) is 0 Å². The second-order valence-corrected chi connectivity index (χ2v) is 32.9. The second kappa shape index (κ2) is 60.3. The number of rotatable bonds is 64. The van der Waals surface area contributed by atoms with Crippen LogP contribution in [0.15, 0.2) is 48.1 Å². The number of carboxylic acid groups (broad SMARTS) is 1. The molecule has 4 bridgehead atoms. The average molecular weight is 1900 g/mol. The van der Waals surface area contributed by atoms with Crippen LogP contribution in [0.2, 0.25) is 5.02 Å². The highest BCUT2D eigenvalue weighted by atomic mass is 35.5. The van der Waals surface area contributed by atoms with Crippen LogP contribution >= 0.6 is 23.4 Å². The maximum atomic E-state index is 14.5. The van der Waals surface area contributed by atoms with E-state index in [4.69, 9.17) is 92.1 Å². The lowest BCUT2D eigenvalue weighted by atomic mass is 9.83. The van der Waals surface area contributed by atoms with E-state index in [1.807, 2.05) is 13.0 Å². The predicted octanol–water partition coefficient (Wildman–Crippen LogP) is 0.263. The minimum atomic E-state index is -1.94. The number of epoxide rings is 1. The summed E-state index contributed by atoms with van der Waals surface area (Å²) in [5, 5.41) is 36.1. The molecule has 6 rings (SSSR count). The zero-order valence-electron chi connectivity index (χ0n) is 76.1. The molecule has 0 saturated carbocycles. The minimum absolute atomic E-state index is 0.0200. The molecule has 3 saturated heterocycles. The molecule has 5 aliphatic rings. The number of likely N-dealkylation sites (N-methyl/N-ethyl adjacent to an activating group) is 1. The number of thioether (sulfide) groups is 1. The number of nitrogens with one attached hydrogen (secondary N) is 6. The summed E-state index contributed by atoms with van der Waals surface area (Å²) < 4.78 is 94.7. The predicted molar refractivity (Wildman–Crippen MR) is 468 cm³/mol. The lowest BCUT2D eigenvalue weighted by molar-refractivity contribution is -0.162. The fourth-order valence-corrected chi connectivity index (χ4v) is 15.1. The summed E-state index contributed by atoms with van der Waals surface area (Å²) in [6, 6.07) is -0.543. The van der Waals surface area contributed by atoms with Crippen molar-refractivity contribution in [1.82, 2.24) is 46.6 Å². The molecule has 12 amide bonds. The molecular weight excluding hydrogens is 1770 g/mol. The van der Waals surface area contributed by atoms with Crippen LogP contribution in [-0.2, 0) is 145 Å². The fraction of sp³-hybridized carbons (Fsp3) is 0.698. The number of methoxy groups -OCH3 is 3. The number of ether oxygens (including phenoxy) is 17. The lowest BCUT2D eigenvalue weighted by Gasteiger charge is -2.42. The molecule has 0 aliphatic carbocycles. The van der Waals surface area contributed by atoms with Gasteiger partial charge in [-0.2, -0.15) is 0 Å². The van der Waals surface area contributed by atoms with E-state index in [0.29, 0.717) is 95.7 Å². The lowest BCUT2D eigenvalue weighted by Crippen LogP contribution is -2.63. The highest BCUT2D eigenvalue weighted by Gasteiger charge is 2.65. The van der Waals surface area contributed by atoms with Crippen LogP contribution in [0.5, 0.6) is 5.75 Å².